The molecular weight excluding hydrogens is 320 g/mol. The van der Waals surface area contributed by atoms with E-state index in [4.69, 9.17) is 4.74 Å². The van der Waals surface area contributed by atoms with Gasteiger partial charge in [0.05, 0.1) is 18.5 Å². The molecule has 0 bridgehead atoms. The Morgan fingerprint density at radius 2 is 1.58 bits per heavy atom. The number of nitrogens with zero attached hydrogens (tertiary/aromatic N) is 2. The van der Waals surface area contributed by atoms with E-state index in [1.165, 1.54) is 18.9 Å². The van der Waals surface area contributed by atoms with Crippen molar-refractivity contribution in [3.05, 3.63) is 71.9 Å². The maximum absolute atomic E-state index is 12.2. The van der Waals surface area contributed by atoms with Crippen LogP contribution in [0.4, 0.5) is 0 Å². The van der Waals surface area contributed by atoms with Crippen molar-refractivity contribution in [1.82, 2.24) is 9.97 Å². The molecular formula is C19H16N2O2S. The van der Waals surface area contributed by atoms with Gasteiger partial charge in [-0.3, -0.25) is 0 Å². The van der Waals surface area contributed by atoms with Gasteiger partial charge < -0.3 is 4.74 Å². The SMILES string of the molecule is COC(=O)c1c(C)nc(Sc2ccccc2)nc1-c1ccccc1. The number of benzene rings is 2. The number of carbonyl (C=O) groups is 1. The van der Waals surface area contributed by atoms with E-state index in [0.717, 1.165) is 10.5 Å². The Labute approximate surface area is 144 Å². The first-order valence-electron chi connectivity index (χ1n) is 7.44. The van der Waals surface area contributed by atoms with E-state index >= 15 is 0 Å². The third-order valence-corrected chi connectivity index (χ3v) is 4.33. The van der Waals surface area contributed by atoms with Gasteiger partial charge in [0.1, 0.15) is 5.56 Å². The van der Waals surface area contributed by atoms with Gasteiger partial charge >= 0.3 is 5.97 Å². The van der Waals surface area contributed by atoms with E-state index in [1.807, 2.05) is 60.7 Å². The van der Waals surface area contributed by atoms with E-state index in [0.29, 0.717) is 22.1 Å². The molecule has 120 valence electrons. The Kier molecular flexibility index (Phi) is 4.91. The lowest BCUT2D eigenvalue weighted by Gasteiger charge is -2.12. The second kappa shape index (κ2) is 7.27. The quantitative estimate of drug-likeness (QED) is 0.522. The minimum atomic E-state index is -0.428. The van der Waals surface area contributed by atoms with Gasteiger partial charge in [0, 0.05) is 10.5 Å². The first-order valence-corrected chi connectivity index (χ1v) is 8.26. The molecule has 0 aliphatic carbocycles. The van der Waals surface area contributed by atoms with Gasteiger partial charge in [-0.05, 0) is 30.8 Å². The average Bonchev–Trinajstić information content (AvgIpc) is 2.62. The highest BCUT2D eigenvalue weighted by molar-refractivity contribution is 7.99. The van der Waals surface area contributed by atoms with E-state index in [2.05, 4.69) is 9.97 Å². The van der Waals surface area contributed by atoms with Crippen molar-refractivity contribution in [3.8, 4) is 11.3 Å². The maximum Gasteiger partial charge on any atom is 0.341 e. The number of hydrogen-bond donors (Lipinski definition) is 0. The summed E-state index contributed by atoms with van der Waals surface area (Å²) in [5.74, 6) is -0.428. The number of aromatic nitrogens is 2. The lowest BCUT2D eigenvalue weighted by Crippen LogP contribution is -2.10. The highest BCUT2D eigenvalue weighted by atomic mass is 32.2. The molecule has 0 amide bonds. The fourth-order valence-corrected chi connectivity index (χ4v) is 3.16. The molecule has 0 spiro atoms. The van der Waals surface area contributed by atoms with E-state index in [9.17, 15) is 4.79 Å². The van der Waals surface area contributed by atoms with Gasteiger partial charge in [-0.2, -0.15) is 0 Å². The summed E-state index contributed by atoms with van der Waals surface area (Å²) in [6, 6.07) is 19.5. The summed E-state index contributed by atoms with van der Waals surface area (Å²) < 4.78 is 4.91. The monoisotopic (exact) mass is 336 g/mol. The van der Waals surface area contributed by atoms with Gasteiger partial charge in [-0.25, -0.2) is 14.8 Å². The molecule has 0 fully saturated rings. The Hall–Kier alpha value is -2.66. The zero-order chi connectivity index (χ0) is 16.9. The summed E-state index contributed by atoms with van der Waals surface area (Å²) >= 11 is 1.46. The van der Waals surface area contributed by atoms with Crippen molar-refractivity contribution in [2.24, 2.45) is 0 Å². The summed E-state index contributed by atoms with van der Waals surface area (Å²) in [6.07, 6.45) is 0. The molecule has 0 saturated heterocycles. The van der Waals surface area contributed by atoms with E-state index in [-0.39, 0.29) is 0 Å². The van der Waals surface area contributed by atoms with Crippen molar-refractivity contribution < 1.29 is 9.53 Å². The molecule has 5 heteroatoms. The lowest BCUT2D eigenvalue weighted by molar-refractivity contribution is 0.0599. The fraction of sp³-hybridized carbons (Fsp3) is 0.105. The Bertz CT molecular complexity index is 852. The van der Waals surface area contributed by atoms with Crippen LogP contribution in [0.3, 0.4) is 0 Å². The highest BCUT2D eigenvalue weighted by Gasteiger charge is 2.20. The van der Waals surface area contributed by atoms with Gasteiger partial charge in [-0.15, -0.1) is 0 Å². The average molecular weight is 336 g/mol. The summed E-state index contributed by atoms with van der Waals surface area (Å²) in [4.78, 5) is 22.3. The molecule has 24 heavy (non-hydrogen) atoms. The minimum Gasteiger partial charge on any atom is -0.465 e. The van der Waals surface area contributed by atoms with Crippen LogP contribution >= 0.6 is 11.8 Å². The third kappa shape index (κ3) is 3.46. The smallest absolute Gasteiger partial charge is 0.341 e. The van der Waals surface area contributed by atoms with Crippen LogP contribution < -0.4 is 0 Å². The number of aryl methyl sites for hydroxylation is 1. The number of carbonyl (C=O) groups excluding carboxylic acids is 1. The van der Waals surface area contributed by atoms with Crippen molar-refractivity contribution in [3.63, 3.8) is 0 Å². The number of methoxy groups -OCH3 is 1. The molecule has 0 radical (unpaired) electrons. The molecule has 4 nitrogen and oxygen atoms in total. The normalized spacial score (nSPS) is 10.4. The van der Waals surface area contributed by atoms with Crippen LogP contribution in [0.5, 0.6) is 0 Å². The van der Waals surface area contributed by atoms with Gasteiger partial charge in [0.25, 0.3) is 0 Å². The van der Waals surface area contributed by atoms with E-state index in [1.54, 1.807) is 6.92 Å². The molecule has 0 aliphatic rings. The van der Waals surface area contributed by atoms with E-state index < -0.39 is 5.97 Å². The number of ether oxygens (including phenoxy) is 1. The van der Waals surface area contributed by atoms with Crippen LogP contribution in [-0.2, 0) is 4.74 Å². The number of esters is 1. The van der Waals surface area contributed by atoms with Crippen LogP contribution in [0.1, 0.15) is 16.1 Å². The molecule has 0 N–H and O–H groups in total. The predicted octanol–water partition coefficient (Wildman–Crippen LogP) is 4.39. The molecule has 1 heterocycles. The summed E-state index contributed by atoms with van der Waals surface area (Å²) in [7, 11) is 1.36. The first kappa shape index (κ1) is 16.2. The third-order valence-electron chi connectivity index (χ3n) is 3.46. The topological polar surface area (TPSA) is 52.1 Å². The molecule has 2 aromatic carbocycles. The van der Waals surface area contributed by atoms with Crippen molar-refractivity contribution in [1.29, 1.82) is 0 Å². The van der Waals surface area contributed by atoms with Gasteiger partial charge in [0.2, 0.25) is 0 Å². The van der Waals surface area contributed by atoms with Crippen LogP contribution in [0.25, 0.3) is 11.3 Å². The van der Waals surface area contributed by atoms with Crippen molar-refractivity contribution in [2.75, 3.05) is 7.11 Å². The van der Waals surface area contributed by atoms with Gasteiger partial charge in [-0.1, -0.05) is 48.5 Å². The van der Waals surface area contributed by atoms with Gasteiger partial charge in [0.15, 0.2) is 5.16 Å². The molecule has 0 unspecified atom stereocenters. The standard InChI is InChI=1S/C19H16N2O2S/c1-13-16(18(22)23-2)17(14-9-5-3-6-10-14)21-19(20-13)24-15-11-7-4-8-12-15/h3-12H,1-2H3. The van der Waals surface area contributed by atoms with Crippen LogP contribution in [0, 0.1) is 6.92 Å². The van der Waals surface area contributed by atoms with Crippen LogP contribution in [0.15, 0.2) is 70.7 Å². The molecule has 0 atom stereocenters. The zero-order valence-electron chi connectivity index (χ0n) is 13.4. The number of rotatable bonds is 4. The second-order valence-corrected chi connectivity index (χ2v) is 6.13. The lowest BCUT2D eigenvalue weighted by atomic mass is 10.1. The molecule has 0 aliphatic heterocycles. The Morgan fingerprint density at radius 1 is 0.958 bits per heavy atom. The summed E-state index contributed by atoms with van der Waals surface area (Å²) in [5, 5.41) is 0.602. The Balaban J connectivity index is 2.11. The minimum absolute atomic E-state index is 0.404. The molecule has 1 aromatic heterocycles. The van der Waals surface area contributed by atoms with Crippen LogP contribution in [-0.4, -0.2) is 23.0 Å². The zero-order valence-corrected chi connectivity index (χ0v) is 14.2. The second-order valence-electron chi connectivity index (χ2n) is 5.09. The molecule has 3 rings (SSSR count). The summed E-state index contributed by atoms with van der Waals surface area (Å²) in [6.45, 7) is 1.80. The molecule has 0 saturated carbocycles. The fourth-order valence-electron chi connectivity index (χ4n) is 2.34. The van der Waals surface area contributed by atoms with Crippen molar-refractivity contribution >= 4 is 17.7 Å². The first-order chi connectivity index (χ1) is 11.7. The largest absolute Gasteiger partial charge is 0.465 e. The van der Waals surface area contributed by atoms with Crippen molar-refractivity contribution in [2.45, 2.75) is 17.0 Å². The predicted molar refractivity (Wildman–Crippen MR) is 94.1 cm³/mol. The highest BCUT2D eigenvalue weighted by Crippen LogP contribution is 2.30. The maximum atomic E-state index is 12.2. The number of hydrogen-bond acceptors (Lipinski definition) is 5. The summed E-state index contributed by atoms with van der Waals surface area (Å²) in [5.41, 5.74) is 2.46. The molecule has 3 aromatic rings. The van der Waals surface area contributed by atoms with Crippen LogP contribution in [0.2, 0.25) is 0 Å². The Morgan fingerprint density at radius 3 is 2.21 bits per heavy atom.